The Kier molecular flexibility index (Phi) is 5.50. The van der Waals surface area contributed by atoms with E-state index in [2.05, 4.69) is 4.98 Å². The van der Waals surface area contributed by atoms with Crippen molar-refractivity contribution in [3.05, 3.63) is 101 Å². The van der Waals surface area contributed by atoms with Gasteiger partial charge in [-0.3, -0.25) is 14.5 Å². The number of aryl methyl sites for hydroxylation is 1. The van der Waals surface area contributed by atoms with Gasteiger partial charge in [0, 0.05) is 11.5 Å². The third-order valence-corrected chi connectivity index (χ3v) is 7.41. The number of halogens is 2. The van der Waals surface area contributed by atoms with Crippen LogP contribution in [0.1, 0.15) is 27.7 Å². The summed E-state index contributed by atoms with van der Waals surface area (Å²) in [4.78, 5) is 32.8. The van der Waals surface area contributed by atoms with Crippen LogP contribution in [0.4, 0.5) is 13.9 Å². The highest BCUT2D eigenvalue weighted by molar-refractivity contribution is 7.22. The van der Waals surface area contributed by atoms with Crippen molar-refractivity contribution >= 4 is 49.3 Å². The first kappa shape index (κ1) is 23.8. The van der Waals surface area contributed by atoms with E-state index in [9.17, 15) is 23.5 Å². The van der Waals surface area contributed by atoms with Gasteiger partial charge in [-0.25, -0.2) is 13.8 Å². The lowest BCUT2D eigenvalue weighted by atomic mass is 9.94. The molecule has 1 amide bonds. The van der Waals surface area contributed by atoms with Gasteiger partial charge in [0.05, 0.1) is 28.9 Å². The number of nitrogens with zero attached hydrogens (tertiary/aromatic N) is 2. The molecule has 3 aromatic carbocycles. The van der Waals surface area contributed by atoms with Gasteiger partial charge < -0.3 is 14.3 Å². The quantitative estimate of drug-likeness (QED) is 0.263. The number of aliphatic hydroxyl groups excluding tert-OH is 1. The first-order chi connectivity index (χ1) is 18.3. The van der Waals surface area contributed by atoms with Crippen molar-refractivity contribution in [2.75, 3.05) is 12.0 Å². The second-order valence-electron chi connectivity index (χ2n) is 8.80. The summed E-state index contributed by atoms with van der Waals surface area (Å²) in [5.41, 5.74) is 1.69. The van der Waals surface area contributed by atoms with Gasteiger partial charge in [-0.2, -0.15) is 0 Å². The van der Waals surface area contributed by atoms with Crippen LogP contribution in [-0.4, -0.2) is 28.9 Å². The fraction of sp³-hybridized carbons (Fsp3) is 0.107. The molecule has 5 aromatic rings. The maximum absolute atomic E-state index is 13.9. The molecule has 1 aliphatic rings. The summed E-state index contributed by atoms with van der Waals surface area (Å²) < 4.78 is 39.2. The highest BCUT2D eigenvalue weighted by atomic mass is 32.1. The van der Waals surface area contributed by atoms with Gasteiger partial charge in [-0.15, -0.1) is 0 Å². The monoisotopic (exact) mass is 532 g/mol. The molecule has 10 heteroatoms. The summed E-state index contributed by atoms with van der Waals surface area (Å²) in [6.07, 6.45) is 0. The second-order valence-corrected chi connectivity index (χ2v) is 9.81. The molecule has 1 atom stereocenters. The lowest BCUT2D eigenvalue weighted by Crippen LogP contribution is -2.31. The van der Waals surface area contributed by atoms with E-state index in [1.807, 2.05) is 13.0 Å². The first-order valence-electron chi connectivity index (χ1n) is 11.5. The van der Waals surface area contributed by atoms with E-state index >= 15 is 0 Å². The lowest BCUT2D eigenvalue weighted by molar-refractivity contribution is -0.117. The van der Waals surface area contributed by atoms with Crippen LogP contribution in [0.25, 0.3) is 21.2 Å². The summed E-state index contributed by atoms with van der Waals surface area (Å²) in [5.74, 6) is -4.11. The number of anilines is 1. The Morgan fingerprint density at radius 3 is 2.63 bits per heavy atom. The molecule has 1 aliphatic heterocycles. The second kappa shape index (κ2) is 8.77. The number of ketones is 1. The topological polar surface area (TPSA) is 92.9 Å². The van der Waals surface area contributed by atoms with Gasteiger partial charge >= 0.3 is 0 Å². The van der Waals surface area contributed by atoms with Crippen LogP contribution in [-0.2, 0) is 4.79 Å². The van der Waals surface area contributed by atoms with Crippen molar-refractivity contribution in [2.24, 2.45) is 0 Å². The summed E-state index contributed by atoms with van der Waals surface area (Å²) in [6, 6.07) is 14.7. The molecule has 0 saturated carbocycles. The molecular weight excluding hydrogens is 514 g/mol. The van der Waals surface area contributed by atoms with E-state index in [0.717, 1.165) is 29.0 Å². The number of para-hydroxylation sites is 1. The van der Waals surface area contributed by atoms with Crippen LogP contribution in [0.15, 0.2) is 76.4 Å². The van der Waals surface area contributed by atoms with E-state index in [-0.39, 0.29) is 22.0 Å². The molecule has 6 rings (SSSR count). The molecule has 0 spiro atoms. The van der Waals surface area contributed by atoms with Crippen LogP contribution < -0.4 is 9.64 Å². The number of furan rings is 1. The van der Waals surface area contributed by atoms with E-state index in [1.54, 1.807) is 36.4 Å². The summed E-state index contributed by atoms with van der Waals surface area (Å²) >= 11 is 0.942. The van der Waals surface area contributed by atoms with Crippen molar-refractivity contribution < 1.29 is 32.6 Å². The summed E-state index contributed by atoms with van der Waals surface area (Å²) in [7, 11) is 1.48. The van der Waals surface area contributed by atoms with Gasteiger partial charge in [-0.05, 0) is 30.7 Å². The molecule has 7 nitrogen and oxygen atoms in total. The Balaban J connectivity index is 1.52. The molecule has 0 bridgehead atoms. The van der Waals surface area contributed by atoms with Crippen LogP contribution >= 0.6 is 11.3 Å². The summed E-state index contributed by atoms with van der Waals surface area (Å²) in [5, 5.41) is 11.7. The molecule has 38 heavy (non-hydrogen) atoms. The lowest BCUT2D eigenvalue weighted by Gasteiger charge is -2.24. The standard InChI is InChI=1S/C28H18F2N2O5S/c1-13-5-3-6-14(9-13)23-22(24(33)20-10-15-7-4-8-19(36-2)26(15)37-20)25(34)27(35)32(23)28-31-18-11-16(29)17(30)12-21(18)38-28/h3-12,23,34H,1-2H3. The van der Waals surface area contributed by atoms with Crippen molar-refractivity contribution in [2.45, 2.75) is 13.0 Å². The number of carbonyl (C=O) groups is 2. The normalized spacial score (nSPS) is 15.7. The third-order valence-electron chi connectivity index (χ3n) is 6.39. The van der Waals surface area contributed by atoms with Crippen LogP contribution in [0.2, 0.25) is 0 Å². The Bertz CT molecular complexity index is 1780. The largest absolute Gasteiger partial charge is 0.503 e. The maximum Gasteiger partial charge on any atom is 0.296 e. The number of carbonyl (C=O) groups excluding carboxylic acids is 2. The predicted octanol–water partition coefficient (Wildman–Crippen LogP) is 6.42. The molecule has 0 saturated heterocycles. The fourth-order valence-electron chi connectivity index (χ4n) is 4.65. The highest BCUT2D eigenvalue weighted by Crippen LogP contribution is 2.45. The van der Waals surface area contributed by atoms with Crippen LogP contribution in [0.5, 0.6) is 5.75 Å². The van der Waals surface area contributed by atoms with Crippen LogP contribution in [0.3, 0.4) is 0 Å². The van der Waals surface area contributed by atoms with E-state index in [1.165, 1.54) is 18.1 Å². The Morgan fingerprint density at radius 2 is 1.87 bits per heavy atom. The Morgan fingerprint density at radius 1 is 1.11 bits per heavy atom. The number of methoxy groups -OCH3 is 1. The third kappa shape index (κ3) is 3.64. The minimum Gasteiger partial charge on any atom is -0.503 e. The number of thiazole rings is 1. The number of rotatable bonds is 5. The summed E-state index contributed by atoms with van der Waals surface area (Å²) in [6.45, 7) is 1.85. The molecule has 1 N–H and O–H groups in total. The number of hydrogen-bond donors (Lipinski definition) is 1. The number of ether oxygens (including phenoxy) is 1. The van der Waals surface area contributed by atoms with Crippen molar-refractivity contribution in [3.8, 4) is 5.75 Å². The number of hydrogen-bond acceptors (Lipinski definition) is 7. The minimum atomic E-state index is -1.07. The average Bonchev–Trinajstić information content (AvgIpc) is 3.58. The van der Waals surface area contributed by atoms with Gasteiger partial charge in [0.15, 0.2) is 39.6 Å². The molecule has 3 heterocycles. The van der Waals surface area contributed by atoms with Gasteiger partial charge in [0.25, 0.3) is 5.91 Å². The van der Waals surface area contributed by atoms with Crippen molar-refractivity contribution in [1.82, 2.24) is 4.98 Å². The molecule has 2 aromatic heterocycles. The van der Waals surface area contributed by atoms with E-state index in [0.29, 0.717) is 27.0 Å². The van der Waals surface area contributed by atoms with Crippen molar-refractivity contribution in [1.29, 1.82) is 0 Å². The van der Waals surface area contributed by atoms with Crippen LogP contribution in [0, 0.1) is 18.6 Å². The number of aliphatic hydroxyl groups is 1. The number of aromatic nitrogens is 1. The van der Waals surface area contributed by atoms with Gasteiger partial charge in [-0.1, -0.05) is 53.3 Å². The number of amides is 1. The van der Waals surface area contributed by atoms with Gasteiger partial charge in [0.1, 0.15) is 0 Å². The average molecular weight is 533 g/mol. The van der Waals surface area contributed by atoms with Gasteiger partial charge in [0.2, 0.25) is 5.78 Å². The molecular formula is C28H18F2N2O5S. The zero-order valence-electron chi connectivity index (χ0n) is 20.0. The molecule has 0 radical (unpaired) electrons. The molecule has 190 valence electrons. The number of Topliss-reactive ketones (excluding diaryl/α,β-unsaturated/α-hetero) is 1. The highest BCUT2D eigenvalue weighted by Gasteiger charge is 2.46. The first-order valence-corrected chi connectivity index (χ1v) is 12.3. The molecule has 0 fully saturated rings. The molecule has 0 aliphatic carbocycles. The number of benzene rings is 3. The smallest absolute Gasteiger partial charge is 0.296 e. The zero-order valence-corrected chi connectivity index (χ0v) is 20.8. The Labute approximate surface area is 218 Å². The maximum atomic E-state index is 13.9. The SMILES string of the molecule is COc1cccc2cc(C(=O)C3=C(O)C(=O)N(c4nc5cc(F)c(F)cc5s4)C3c3cccc(C)c3)oc12. The van der Waals surface area contributed by atoms with E-state index < -0.39 is 35.1 Å². The minimum absolute atomic E-state index is 0.0714. The predicted molar refractivity (Wildman–Crippen MR) is 138 cm³/mol. The Hall–Kier alpha value is -4.57. The number of fused-ring (bicyclic) bond motifs is 2. The van der Waals surface area contributed by atoms with Crippen molar-refractivity contribution in [3.63, 3.8) is 0 Å². The zero-order chi connectivity index (χ0) is 26.7. The molecule has 1 unspecified atom stereocenters. The fourth-order valence-corrected chi connectivity index (χ4v) is 5.65. The van der Waals surface area contributed by atoms with E-state index in [4.69, 9.17) is 9.15 Å².